The van der Waals surface area contributed by atoms with E-state index in [1.807, 2.05) is 11.0 Å². The summed E-state index contributed by atoms with van der Waals surface area (Å²) in [5.74, 6) is 0.0281. The Morgan fingerprint density at radius 3 is 2.68 bits per heavy atom. The van der Waals surface area contributed by atoms with E-state index in [-0.39, 0.29) is 18.2 Å². The highest BCUT2D eigenvalue weighted by Gasteiger charge is 2.20. The van der Waals surface area contributed by atoms with Crippen LogP contribution >= 0.6 is 11.6 Å². The lowest BCUT2D eigenvalue weighted by molar-refractivity contribution is -0.116. The van der Waals surface area contributed by atoms with Crippen LogP contribution in [-0.4, -0.2) is 39.6 Å². The van der Waals surface area contributed by atoms with Gasteiger partial charge in [0.15, 0.2) is 0 Å². The molecule has 1 saturated heterocycles. The molecule has 0 radical (unpaired) electrons. The topological polar surface area (TPSA) is 55.2 Å². The Labute approximate surface area is 226 Å². The molecule has 1 aliphatic heterocycles. The van der Waals surface area contributed by atoms with Crippen LogP contribution in [0, 0.1) is 0 Å². The van der Waals surface area contributed by atoms with Gasteiger partial charge in [0.1, 0.15) is 5.78 Å². The first-order chi connectivity index (χ1) is 17.8. The average Bonchev–Trinajstić information content (AvgIpc) is 3.23. The van der Waals surface area contributed by atoms with Gasteiger partial charge in [-0.1, -0.05) is 67.8 Å². The SMILES string of the molecule is C=C(CCCCC)Cc1cc(Cl)ccc1C/C=C1/CCCN(C(=O)n2ccc(C(=C)CC(C)=O)n2)CC1. The van der Waals surface area contributed by atoms with Gasteiger partial charge < -0.3 is 4.90 Å². The number of hydrogen-bond donors (Lipinski definition) is 0. The summed E-state index contributed by atoms with van der Waals surface area (Å²) in [6, 6.07) is 7.79. The lowest BCUT2D eigenvalue weighted by Crippen LogP contribution is -2.35. The zero-order valence-corrected chi connectivity index (χ0v) is 23.2. The summed E-state index contributed by atoms with van der Waals surface area (Å²) in [5, 5.41) is 5.14. The maximum absolute atomic E-state index is 13.1. The molecule has 6 heteroatoms. The Morgan fingerprint density at radius 2 is 1.92 bits per heavy atom. The van der Waals surface area contributed by atoms with Gasteiger partial charge in [-0.15, -0.1) is 0 Å². The number of hydrogen-bond acceptors (Lipinski definition) is 3. The van der Waals surface area contributed by atoms with Crippen molar-refractivity contribution in [2.75, 3.05) is 13.1 Å². The molecule has 0 saturated carbocycles. The number of aromatic nitrogens is 2. The van der Waals surface area contributed by atoms with Gasteiger partial charge in [-0.05, 0) is 86.8 Å². The molecule has 0 unspecified atom stereocenters. The number of ketones is 1. The van der Waals surface area contributed by atoms with Gasteiger partial charge in [0.2, 0.25) is 0 Å². The zero-order valence-electron chi connectivity index (χ0n) is 22.4. The average molecular weight is 522 g/mol. The van der Waals surface area contributed by atoms with Gasteiger partial charge in [-0.3, -0.25) is 4.79 Å². The van der Waals surface area contributed by atoms with E-state index in [9.17, 15) is 9.59 Å². The monoisotopic (exact) mass is 521 g/mol. The van der Waals surface area contributed by atoms with Gasteiger partial charge in [0.25, 0.3) is 0 Å². The maximum Gasteiger partial charge on any atom is 0.344 e. The second-order valence-electron chi connectivity index (χ2n) is 10.1. The van der Waals surface area contributed by atoms with E-state index < -0.39 is 0 Å². The summed E-state index contributed by atoms with van der Waals surface area (Å²) in [5.41, 5.74) is 6.42. The number of unbranched alkanes of at least 4 members (excludes halogenated alkanes) is 2. The smallest absolute Gasteiger partial charge is 0.323 e. The molecule has 198 valence electrons. The van der Waals surface area contributed by atoms with Crippen molar-refractivity contribution in [1.82, 2.24) is 14.7 Å². The summed E-state index contributed by atoms with van der Waals surface area (Å²) in [4.78, 5) is 26.3. The van der Waals surface area contributed by atoms with Crippen molar-refractivity contribution in [1.29, 1.82) is 0 Å². The molecule has 1 amide bonds. The number of carbonyl (C=O) groups is 2. The van der Waals surface area contributed by atoms with Crippen molar-refractivity contribution < 1.29 is 9.59 Å². The van der Waals surface area contributed by atoms with Crippen molar-refractivity contribution >= 4 is 29.0 Å². The van der Waals surface area contributed by atoms with Gasteiger partial charge in [0.05, 0.1) is 5.69 Å². The Balaban J connectivity index is 1.60. The maximum atomic E-state index is 13.1. The van der Waals surface area contributed by atoms with E-state index >= 15 is 0 Å². The van der Waals surface area contributed by atoms with E-state index in [1.54, 1.807) is 12.3 Å². The molecule has 0 bridgehead atoms. The van der Waals surface area contributed by atoms with Gasteiger partial charge in [-0.25, -0.2) is 4.79 Å². The first-order valence-electron chi connectivity index (χ1n) is 13.4. The second kappa shape index (κ2) is 14.1. The Morgan fingerprint density at radius 1 is 1.11 bits per heavy atom. The second-order valence-corrected chi connectivity index (χ2v) is 10.6. The van der Waals surface area contributed by atoms with E-state index in [0.29, 0.717) is 24.4 Å². The molecule has 0 spiro atoms. The summed E-state index contributed by atoms with van der Waals surface area (Å²) in [7, 11) is 0. The van der Waals surface area contributed by atoms with Gasteiger partial charge in [-0.2, -0.15) is 9.78 Å². The minimum absolute atomic E-state index is 0.0281. The molecule has 1 aliphatic rings. The van der Waals surface area contributed by atoms with Crippen LogP contribution in [-0.2, 0) is 17.6 Å². The van der Waals surface area contributed by atoms with Crippen LogP contribution in [0.1, 0.15) is 82.0 Å². The van der Waals surface area contributed by atoms with Crippen LogP contribution in [0.4, 0.5) is 4.79 Å². The molecule has 3 rings (SSSR count). The summed E-state index contributed by atoms with van der Waals surface area (Å²) in [6.45, 7) is 13.3. The molecule has 2 aromatic rings. The highest BCUT2D eigenvalue weighted by atomic mass is 35.5. The summed E-state index contributed by atoms with van der Waals surface area (Å²) >= 11 is 6.33. The highest BCUT2D eigenvalue weighted by molar-refractivity contribution is 6.30. The van der Waals surface area contributed by atoms with E-state index in [2.05, 4.69) is 43.4 Å². The molecular formula is C31H40ClN3O2. The Kier molecular flexibility index (Phi) is 10.9. The van der Waals surface area contributed by atoms with Crippen LogP contribution in [0.5, 0.6) is 0 Å². The number of benzene rings is 1. The molecular weight excluding hydrogens is 482 g/mol. The van der Waals surface area contributed by atoms with Crippen molar-refractivity contribution in [2.45, 2.75) is 78.1 Å². The Bertz CT molecular complexity index is 1160. The van der Waals surface area contributed by atoms with Crippen LogP contribution in [0.25, 0.3) is 5.57 Å². The quantitative estimate of drug-likeness (QED) is 0.223. The fraction of sp³-hybridized carbons (Fsp3) is 0.452. The minimum Gasteiger partial charge on any atom is -0.323 e. The number of carbonyl (C=O) groups excluding carboxylic acids is 2. The molecule has 0 N–H and O–H groups in total. The number of allylic oxidation sites excluding steroid dienone is 3. The first-order valence-corrected chi connectivity index (χ1v) is 13.8. The summed E-state index contributed by atoms with van der Waals surface area (Å²) < 4.78 is 1.36. The van der Waals surface area contributed by atoms with Crippen LogP contribution in [0.3, 0.4) is 0 Å². The standard InChI is InChI=1S/C31H40ClN3O2/c1-5-6-7-9-23(2)20-28-22-29(32)14-13-27(28)12-11-26-10-8-17-34(18-15-26)31(37)35-19-16-30(33-35)24(3)21-25(4)36/h11,13-14,16,19,22H,2-3,5-10,12,15,17-18,20-21H2,1,4H3/b26-11-. The third-order valence-electron chi connectivity index (χ3n) is 6.86. The molecule has 1 fully saturated rings. The van der Waals surface area contributed by atoms with E-state index in [1.165, 1.54) is 53.1 Å². The molecule has 1 aromatic heterocycles. The van der Waals surface area contributed by atoms with Crippen LogP contribution < -0.4 is 0 Å². The van der Waals surface area contributed by atoms with E-state index in [0.717, 1.165) is 43.5 Å². The Hall–Kier alpha value is -2.92. The van der Waals surface area contributed by atoms with E-state index in [4.69, 9.17) is 11.6 Å². The van der Waals surface area contributed by atoms with Gasteiger partial charge >= 0.3 is 6.03 Å². The number of likely N-dealkylation sites (tertiary alicyclic amines) is 1. The fourth-order valence-electron chi connectivity index (χ4n) is 4.76. The molecule has 1 aromatic carbocycles. The molecule has 5 nitrogen and oxygen atoms in total. The molecule has 0 atom stereocenters. The van der Waals surface area contributed by atoms with Crippen LogP contribution in [0.2, 0.25) is 5.02 Å². The highest BCUT2D eigenvalue weighted by Crippen LogP contribution is 2.24. The van der Waals surface area contributed by atoms with Gasteiger partial charge in [0, 0.05) is 30.7 Å². The zero-order chi connectivity index (χ0) is 26.8. The predicted molar refractivity (Wildman–Crippen MR) is 153 cm³/mol. The number of Topliss-reactive ketones (excluding diaryl/α,β-unsaturated/α-hetero) is 1. The van der Waals surface area contributed by atoms with Crippen LogP contribution in [0.15, 0.2) is 60.8 Å². The largest absolute Gasteiger partial charge is 0.344 e. The lowest BCUT2D eigenvalue weighted by atomic mass is 9.95. The normalized spacial score (nSPS) is 15.0. The van der Waals surface area contributed by atoms with Crippen molar-refractivity contribution in [2.24, 2.45) is 0 Å². The third-order valence-corrected chi connectivity index (χ3v) is 7.10. The third kappa shape index (κ3) is 8.85. The number of amides is 1. The summed E-state index contributed by atoms with van der Waals surface area (Å²) in [6.07, 6.45) is 13.4. The number of halogens is 1. The van der Waals surface area contributed by atoms with Crippen molar-refractivity contribution in [3.05, 3.63) is 82.7 Å². The number of nitrogens with zero attached hydrogens (tertiary/aromatic N) is 3. The van der Waals surface area contributed by atoms with Crippen molar-refractivity contribution in [3.8, 4) is 0 Å². The molecule has 2 heterocycles. The van der Waals surface area contributed by atoms with Crippen molar-refractivity contribution in [3.63, 3.8) is 0 Å². The number of rotatable bonds is 11. The molecule has 37 heavy (non-hydrogen) atoms. The predicted octanol–water partition coefficient (Wildman–Crippen LogP) is 7.83. The first kappa shape index (κ1) is 28.6. The minimum atomic E-state index is -0.135. The lowest BCUT2D eigenvalue weighted by Gasteiger charge is -2.19. The molecule has 0 aliphatic carbocycles. The fourth-order valence-corrected chi connectivity index (χ4v) is 4.95.